The molecule has 152 valence electrons. The summed E-state index contributed by atoms with van der Waals surface area (Å²) in [5.41, 5.74) is 8.06. The van der Waals surface area contributed by atoms with Gasteiger partial charge in [0.15, 0.2) is 0 Å². The van der Waals surface area contributed by atoms with Crippen molar-refractivity contribution in [3.63, 3.8) is 0 Å². The van der Waals surface area contributed by atoms with Crippen LogP contribution in [0.1, 0.15) is 18.9 Å². The number of aliphatic hydroxyl groups is 1. The Hall–Kier alpha value is -3.76. The van der Waals surface area contributed by atoms with Crippen LogP contribution in [0.5, 0.6) is 0 Å². The lowest BCUT2D eigenvalue weighted by Gasteiger charge is -2.37. The fourth-order valence-corrected chi connectivity index (χ4v) is 2.74. The van der Waals surface area contributed by atoms with Gasteiger partial charge < -0.3 is 20.7 Å². The van der Waals surface area contributed by atoms with Crippen molar-refractivity contribution in [1.82, 2.24) is 5.32 Å². The lowest BCUT2D eigenvalue weighted by molar-refractivity contribution is -0.384. The maximum absolute atomic E-state index is 12.2. The minimum atomic E-state index is -1.49. The van der Waals surface area contributed by atoms with Gasteiger partial charge in [0.1, 0.15) is 6.61 Å². The molecule has 1 aliphatic heterocycles. The highest BCUT2D eigenvalue weighted by molar-refractivity contribution is 6.77. The Balaban J connectivity index is 1.95. The zero-order valence-electron chi connectivity index (χ0n) is 15.1. The molecule has 1 heterocycles. The van der Waals surface area contributed by atoms with Gasteiger partial charge in [-0.05, 0) is 24.6 Å². The van der Waals surface area contributed by atoms with Gasteiger partial charge in [-0.25, -0.2) is 4.79 Å². The number of carbonyl (C=O) groups is 4. The number of benzene rings is 1. The molecule has 1 saturated heterocycles. The second-order valence-electron chi connectivity index (χ2n) is 6.29. The van der Waals surface area contributed by atoms with Crippen molar-refractivity contribution in [1.29, 1.82) is 0 Å². The molecule has 12 nitrogen and oxygen atoms in total. The summed E-state index contributed by atoms with van der Waals surface area (Å²) in [6, 6.07) is 4.23. The maximum atomic E-state index is 12.2. The van der Waals surface area contributed by atoms with E-state index in [9.17, 15) is 34.4 Å². The van der Waals surface area contributed by atoms with Crippen LogP contribution in [0.3, 0.4) is 0 Å². The molecule has 0 aromatic heterocycles. The Labute approximate surface area is 163 Å². The molecule has 0 spiro atoms. The van der Waals surface area contributed by atoms with Crippen LogP contribution < -0.4 is 5.32 Å². The Morgan fingerprint density at radius 3 is 2.45 bits per heavy atom. The number of esters is 1. The minimum Gasteiger partial charge on any atom is -0.455 e. The average Bonchev–Trinajstić information content (AvgIpc) is 2.65. The Kier molecular flexibility index (Phi) is 6.65. The Morgan fingerprint density at radius 2 is 1.97 bits per heavy atom. The number of nitro groups is 1. The number of nitrogens with one attached hydrogen (secondary N) is 1. The monoisotopic (exact) mass is 404 g/mol. The summed E-state index contributed by atoms with van der Waals surface area (Å²) in [6.45, 7) is 0.959. The van der Waals surface area contributed by atoms with E-state index in [0.29, 0.717) is 5.56 Å². The van der Waals surface area contributed by atoms with E-state index in [4.69, 9.17) is 10.3 Å². The second kappa shape index (κ2) is 8.95. The van der Waals surface area contributed by atoms with Crippen LogP contribution >= 0.6 is 0 Å². The Bertz CT molecular complexity index is 918. The summed E-state index contributed by atoms with van der Waals surface area (Å²) >= 11 is 0. The lowest BCUT2D eigenvalue weighted by atomic mass is 9.82. The van der Waals surface area contributed by atoms with E-state index in [0.717, 1.165) is 0 Å². The number of carbonyl (C=O) groups excluding carboxylic acids is 4. The smallest absolute Gasteiger partial charge is 0.412 e. The van der Waals surface area contributed by atoms with Crippen molar-refractivity contribution in [2.24, 2.45) is 5.92 Å². The predicted octanol–water partition coefficient (Wildman–Crippen LogP) is -0.667. The lowest BCUT2D eigenvalue weighted by Crippen LogP contribution is -2.62. The van der Waals surface area contributed by atoms with E-state index in [1.165, 1.54) is 31.2 Å². The Morgan fingerprint density at radius 1 is 1.34 bits per heavy atom. The van der Waals surface area contributed by atoms with Crippen molar-refractivity contribution in [3.05, 3.63) is 45.5 Å². The predicted molar refractivity (Wildman–Crippen MR) is 93.3 cm³/mol. The SMILES string of the molecule is CC(O)[C@H]1C(=O)N[C@@H]1CC(=O)C(=[N+]=[N-])C(=O)C(=O)OCc1ccc([N+](=O)[O-])cc1. The number of nitro benzene ring substituents is 1. The molecule has 2 rings (SSSR count). The standard InChI is InChI=1S/C17H16N4O8/c1-8(22)13-11(19-16(13)25)6-12(23)14(20-18)15(24)17(26)29-7-9-2-4-10(5-3-9)21(27)28/h2-5,8,11,13,22H,6-7H2,1H3,(H,19,25)/t8?,11-,13-/m1/s1. The normalized spacial score (nSPS) is 18.5. The first-order valence-electron chi connectivity index (χ1n) is 8.34. The topological polar surface area (TPSA) is 189 Å². The number of rotatable bonds is 9. The van der Waals surface area contributed by atoms with Crippen LogP contribution in [0.25, 0.3) is 5.53 Å². The van der Waals surface area contributed by atoms with Gasteiger partial charge in [0.25, 0.3) is 11.5 Å². The highest BCUT2D eigenvalue weighted by atomic mass is 16.6. The van der Waals surface area contributed by atoms with Gasteiger partial charge in [0, 0.05) is 18.6 Å². The van der Waals surface area contributed by atoms with E-state index in [1.54, 1.807) is 0 Å². The van der Waals surface area contributed by atoms with Crippen LogP contribution in [0, 0.1) is 16.0 Å². The summed E-state index contributed by atoms with van der Waals surface area (Å²) in [4.78, 5) is 60.0. The molecule has 1 unspecified atom stereocenters. The summed E-state index contributed by atoms with van der Waals surface area (Å²) < 4.78 is 4.73. The third-order valence-electron chi connectivity index (χ3n) is 4.27. The van der Waals surface area contributed by atoms with Crippen LogP contribution in [-0.2, 0) is 30.5 Å². The highest BCUT2D eigenvalue weighted by Gasteiger charge is 2.46. The minimum absolute atomic E-state index is 0.171. The quantitative estimate of drug-likeness (QED) is 0.0623. The van der Waals surface area contributed by atoms with E-state index in [-0.39, 0.29) is 5.69 Å². The van der Waals surface area contributed by atoms with Crippen LogP contribution in [-0.4, -0.2) is 56.1 Å². The van der Waals surface area contributed by atoms with Crippen LogP contribution in [0.4, 0.5) is 5.69 Å². The number of β-lactam (4-membered cyclic amide) rings is 1. The molecule has 0 radical (unpaired) electrons. The number of aliphatic hydroxyl groups excluding tert-OH is 1. The molecule has 29 heavy (non-hydrogen) atoms. The summed E-state index contributed by atoms with van der Waals surface area (Å²) in [7, 11) is 0. The largest absolute Gasteiger partial charge is 0.455 e. The molecule has 1 aromatic carbocycles. The second-order valence-corrected chi connectivity index (χ2v) is 6.29. The van der Waals surface area contributed by atoms with Gasteiger partial charge in [0.05, 0.1) is 23.0 Å². The molecule has 0 aliphatic carbocycles. The van der Waals surface area contributed by atoms with Gasteiger partial charge in [0.2, 0.25) is 5.91 Å². The third-order valence-corrected chi connectivity index (χ3v) is 4.27. The fourth-order valence-electron chi connectivity index (χ4n) is 2.74. The van der Waals surface area contributed by atoms with E-state index >= 15 is 0 Å². The molecule has 1 amide bonds. The van der Waals surface area contributed by atoms with Gasteiger partial charge in [-0.3, -0.25) is 24.5 Å². The summed E-state index contributed by atoms with van der Waals surface area (Å²) in [6.07, 6.45) is -1.49. The molecular weight excluding hydrogens is 388 g/mol. The van der Waals surface area contributed by atoms with Gasteiger partial charge in [-0.15, -0.1) is 0 Å². The number of hydrogen-bond donors (Lipinski definition) is 2. The average molecular weight is 404 g/mol. The summed E-state index contributed by atoms with van der Waals surface area (Å²) in [5, 5.41) is 22.5. The molecule has 1 aliphatic rings. The van der Waals surface area contributed by atoms with Crippen LogP contribution in [0.2, 0.25) is 0 Å². The van der Waals surface area contributed by atoms with Crippen molar-refractivity contribution < 1.29 is 38.7 Å². The van der Waals surface area contributed by atoms with Gasteiger partial charge >= 0.3 is 17.5 Å². The van der Waals surface area contributed by atoms with Crippen molar-refractivity contribution in [2.75, 3.05) is 0 Å². The molecular formula is C17H16N4O8. The number of ketones is 2. The third kappa shape index (κ3) is 4.94. The first kappa shape index (κ1) is 21.5. The maximum Gasteiger partial charge on any atom is 0.412 e. The molecule has 12 heteroatoms. The van der Waals surface area contributed by atoms with Crippen molar-refractivity contribution in [3.8, 4) is 0 Å². The van der Waals surface area contributed by atoms with Gasteiger partial charge in [-0.2, -0.15) is 4.79 Å². The first-order valence-corrected chi connectivity index (χ1v) is 8.34. The fraction of sp³-hybridized carbons (Fsp3) is 0.353. The zero-order chi connectivity index (χ0) is 21.7. The van der Waals surface area contributed by atoms with E-state index < -0.39 is 65.2 Å². The number of Topliss-reactive ketones (excluding diaryl/α,β-unsaturated/α-hetero) is 2. The van der Waals surface area contributed by atoms with E-state index in [2.05, 4.69) is 10.1 Å². The number of non-ortho nitro benzene ring substituents is 1. The van der Waals surface area contributed by atoms with Gasteiger partial charge in [-0.1, -0.05) is 0 Å². The summed E-state index contributed by atoms with van der Waals surface area (Å²) in [5.74, 6) is -5.29. The highest BCUT2D eigenvalue weighted by Crippen LogP contribution is 2.22. The molecule has 0 saturated carbocycles. The number of ether oxygens (including phenoxy) is 1. The molecule has 1 aromatic rings. The molecule has 3 atom stereocenters. The number of nitrogens with zero attached hydrogens (tertiary/aromatic N) is 3. The molecule has 0 bridgehead atoms. The molecule has 2 N–H and O–H groups in total. The zero-order valence-corrected chi connectivity index (χ0v) is 15.1. The van der Waals surface area contributed by atoms with Crippen molar-refractivity contribution in [2.45, 2.75) is 32.1 Å². The van der Waals surface area contributed by atoms with E-state index in [1.807, 2.05) is 0 Å². The first-order chi connectivity index (χ1) is 13.6. The molecule has 1 fully saturated rings. The van der Waals surface area contributed by atoms with Crippen molar-refractivity contribution >= 4 is 34.8 Å². The number of amides is 1. The van der Waals surface area contributed by atoms with Crippen LogP contribution in [0.15, 0.2) is 24.3 Å². The number of hydrogen-bond acceptors (Lipinski definition) is 8.